The Hall–Kier alpha value is -1.32. The van der Waals surface area contributed by atoms with Gasteiger partial charge in [0.1, 0.15) is 5.82 Å². The fraction of sp³-hybridized carbons (Fsp3) is 0.733. The first-order valence-corrected chi connectivity index (χ1v) is 7.65. The highest BCUT2D eigenvalue weighted by atomic mass is 15.1. The van der Waals surface area contributed by atoms with E-state index in [4.69, 9.17) is 5.73 Å². The van der Waals surface area contributed by atoms with E-state index in [-0.39, 0.29) is 0 Å². The Morgan fingerprint density at radius 2 is 1.63 bits per heavy atom. The van der Waals surface area contributed by atoms with E-state index in [9.17, 15) is 0 Å². The highest BCUT2D eigenvalue weighted by Crippen LogP contribution is 2.10. The molecule has 0 saturated carbocycles. The van der Waals surface area contributed by atoms with Crippen molar-refractivity contribution in [3.8, 4) is 0 Å². The maximum atomic E-state index is 5.52. The lowest BCUT2D eigenvalue weighted by molar-refractivity contribution is 0.569. The van der Waals surface area contributed by atoms with Crippen molar-refractivity contribution in [2.45, 2.75) is 64.7 Å². The molecule has 0 saturated heterocycles. The smallest absolute Gasteiger partial charge is 0.221 e. The van der Waals surface area contributed by atoms with Crippen molar-refractivity contribution >= 4 is 11.8 Å². The number of hydrogen-bond acceptors (Lipinski definition) is 4. The van der Waals surface area contributed by atoms with Gasteiger partial charge in [0.2, 0.25) is 5.95 Å². The maximum Gasteiger partial charge on any atom is 0.221 e. The molecule has 0 aromatic carbocycles. The molecule has 0 atom stereocenters. The van der Waals surface area contributed by atoms with Gasteiger partial charge in [-0.3, -0.25) is 0 Å². The van der Waals surface area contributed by atoms with E-state index in [2.05, 4.69) is 22.2 Å². The van der Waals surface area contributed by atoms with Crippen molar-refractivity contribution < 1.29 is 0 Å². The normalized spacial score (nSPS) is 10.6. The first-order valence-electron chi connectivity index (χ1n) is 7.65. The summed E-state index contributed by atoms with van der Waals surface area (Å²) in [5, 5.41) is 3.27. The molecule has 1 rings (SSSR count). The third-order valence-electron chi connectivity index (χ3n) is 3.26. The second-order valence-electron chi connectivity index (χ2n) is 5.06. The predicted octanol–water partition coefficient (Wildman–Crippen LogP) is 4.00. The molecule has 1 heterocycles. The van der Waals surface area contributed by atoms with Gasteiger partial charge >= 0.3 is 0 Å². The summed E-state index contributed by atoms with van der Waals surface area (Å²) in [6.45, 7) is 3.23. The Bertz CT molecular complexity index is 328. The van der Waals surface area contributed by atoms with Gasteiger partial charge in [0.15, 0.2) is 0 Å². The SMILES string of the molecule is CCCCCCCCCCCNc1ccnc(N)n1. The van der Waals surface area contributed by atoms with E-state index in [1.165, 1.54) is 57.8 Å². The van der Waals surface area contributed by atoms with Crippen LogP contribution in [0, 0.1) is 0 Å². The van der Waals surface area contributed by atoms with Crippen LogP contribution in [0.1, 0.15) is 64.7 Å². The Kier molecular flexibility index (Phi) is 8.77. The maximum absolute atomic E-state index is 5.52. The molecule has 0 bridgehead atoms. The van der Waals surface area contributed by atoms with E-state index in [1.54, 1.807) is 6.20 Å². The molecule has 0 aliphatic heterocycles. The van der Waals surface area contributed by atoms with Crippen LogP contribution < -0.4 is 11.1 Å². The number of nitrogens with zero attached hydrogens (tertiary/aromatic N) is 2. The number of rotatable bonds is 11. The zero-order valence-electron chi connectivity index (χ0n) is 12.2. The molecule has 108 valence electrons. The lowest BCUT2D eigenvalue weighted by Crippen LogP contribution is -2.05. The fourth-order valence-electron chi connectivity index (χ4n) is 2.12. The zero-order chi connectivity index (χ0) is 13.8. The molecule has 1 aromatic heterocycles. The molecule has 19 heavy (non-hydrogen) atoms. The Morgan fingerprint density at radius 3 is 2.26 bits per heavy atom. The topological polar surface area (TPSA) is 63.8 Å². The van der Waals surface area contributed by atoms with Crippen molar-refractivity contribution in [1.29, 1.82) is 0 Å². The third kappa shape index (κ3) is 8.41. The minimum absolute atomic E-state index is 0.331. The van der Waals surface area contributed by atoms with Crippen LogP contribution in [0.5, 0.6) is 0 Å². The molecule has 1 aromatic rings. The quantitative estimate of drug-likeness (QED) is 0.593. The second-order valence-corrected chi connectivity index (χ2v) is 5.06. The summed E-state index contributed by atoms with van der Waals surface area (Å²) in [7, 11) is 0. The summed E-state index contributed by atoms with van der Waals surface area (Å²) in [5.74, 6) is 1.16. The second kappa shape index (κ2) is 10.6. The van der Waals surface area contributed by atoms with Crippen molar-refractivity contribution in [1.82, 2.24) is 9.97 Å². The lowest BCUT2D eigenvalue weighted by atomic mass is 10.1. The molecule has 0 amide bonds. The first-order chi connectivity index (χ1) is 9.33. The lowest BCUT2D eigenvalue weighted by Gasteiger charge is -2.05. The Labute approximate surface area is 117 Å². The number of aromatic nitrogens is 2. The average Bonchev–Trinajstić information content (AvgIpc) is 2.41. The van der Waals surface area contributed by atoms with Gasteiger partial charge in [-0.2, -0.15) is 4.98 Å². The highest BCUT2D eigenvalue weighted by molar-refractivity contribution is 5.36. The monoisotopic (exact) mass is 264 g/mol. The largest absolute Gasteiger partial charge is 0.370 e. The van der Waals surface area contributed by atoms with Crippen LogP contribution in [0.4, 0.5) is 11.8 Å². The summed E-state index contributed by atoms with van der Waals surface area (Å²) in [5.41, 5.74) is 5.52. The van der Waals surface area contributed by atoms with Crippen LogP contribution in [0.3, 0.4) is 0 Å². The van der Waals surface area contributed by atoms with E-state index in [1.807, 2.05) is 6.07 Å². The van der Waals surface area contributed by atoms with Crippen LogP contribution in [-0.4, -0.2) is 16.5 Å². The molecular weight excluding hydrogens is 236 g/mol. The van der Waals surface area contributed by atoms with Gasteiger partial charge < -0.3 is 11.1 Å². The summed E-state index contributed by atoms with van der Waals surface area (Å²) < 4.78 is 0. The number of hydrogen-bond donors (Lipinski definition) is 2. The minimum Gasteiger partial charge on any atom is -0.370 e. The molecule has 0 fully saturated rings. The summed E-state index contributed by atoms with van der Waals surface area (Å²) >= 11 is 0. The summed E-state index contributed by atoms with van der Waals surface area (Å²) in [6, 6.07) is 1.85. The van der Waals surface area contributed by atoms with Crippen LogP contribution >= 0.6 is 0 Å². The van der Waals surface area contributed by atoms with Crippen LogP contribution in [0.25, 0.3) is 0 Å². The van der Waals surface area contributed by atoms with Gasteiger partial charge in [0.05, 0.1) is 0 Å². The van der Waals surface area contributed by atoms with Crippen molar-refractivity contribution in [3.63, 3.8) is 0 Å². The molecule has 0 aliphatic rings. The predicted molar refractivity (Wildman–Crippen MR) is 82.2 cm³/mol. The fourth-order valence-corrected chi connectivity index (χ4v) is 2.12. The summed E-state index contributed by atoms with van der Waals surface area (Å²) in [4.78, 5) is 7.97. The van der Waals surface area contributed by atoms with E-state index in [0.717, 1.165) is 12.4 Å². The molecule has 3 N–H and O–H groups in total. The number of nitrogen functional groups attached to an aromatic ring is 1. The number of nitrogens with one attached hydrogen (secondary N) is 1. The first kappa shape index (κ1) is 15.7. The number of unbranched alkanes of at least 4 members (excludes halogenated alkanes) is 8. The molecular formula is C15H28N4. The molecule has 0 spiro atoms. The van der Waals surface area contributed by atoms with Crippen LogP contribution in [-0.2, 0) is 0 Å². The van der Waals surface area contributed by atoms with Gasteiger partial charge in [0.25, 0.3) is 0 Å². The van der Waals surface area contributed by atoms with Crippen molar-refractivity contribution in [2.75, 3.05) is 17.6 Å². The van der Waals surface area contributed by atoms with Crippen LogP contribution in [0.2, 0.25) is 0 Å². The highest BCUT2D eigenvalue weighted by Gasteiger charge is 1.95. The molecule has 0 unspecified atom stereocenters. The third-order valence-corrected chi connectivity index (χ3v) is 3.26. The van der Waals surface area contributed by atoms with E-state index < -0.39 is 0 Å². The molecule has 4 heteroatoms. The van der Waals surface area contributed by atoms with Gasteiger partial charge in [0, 0.05) is 12.7 Å². The molecule has 4 nitrogen and oxygen atoms in total. The molecule has 0 radical (unpaired) electrons. The van der Waals surface area contributed by atoms with Crippen molar-refractivity contribution in [3.05, 3.63) is 12.3 Å². The standard InChI is InChI=1S/C15H28N4/c1-2-3-4-5-6-7-8-9-10-12-17-14-11-13-18-15(16)19-14/h11,13H,2-10,12H2,1H3,(H3,16,17,18,19). The number of nitrogens with two attached hydrogens (primary N) is 1. The van der Waals surface area contributed by atoms with Gasteiger partial charge in [-0.15, -0.1) is 0 Å². The van der Waals surface area contributed by atoms with E-state index in [0.29, 0.717) is 5.95 Å². The van der Waals surface area contributed by atoms with Crippen LogP contribution in [0.15, 0.2) is 12.3 Å². The zero-order valence-corrected chi connectivity index (χ0v) is 12.2. The minimum atomic E-state index is 0.331. The summed E-state index contributed by atoms with van der Waals surface area (Å²) in [6.07, 6.45) is 13.8. The average molecular weight is 264 g/mol. The van der Waals surface area contributed by atoms with E-state index >= 15 is 0 Å². The van der Waals surface area contributed by atoms with Gasteiger partial charge in [-0.1, -0.05) is 58.3 Å². The van der Waals surface area contributed by atoms with Gasteiger partial charge in [-0.05, 0) is 12.5 Å². The Balaban J connectivity index is 1.89. The van der Waals surface area contributed by atoms with Crippen molar-refractivity contribution in [2.24, 2.45) is 0 Å². The Morgan fingerprint density at radius 1 is 1.00 bits per heavy atom. The number of anilines is 2. The molecule has 0 aliphatic carbocycles. The van der Waals surface area contributed by atoms with Gasteiger partial charge in [-0.25, -0.2) is 4.98 Å².